The predicted octanol–water partition coefficient (Wildman–Crippen LogP) is -0.162. The molecule has 14 heavy (non-hydrogen) atoms. The second-order valence-electron chi connectivity index (χ2n) is 2.35. The normalized spacial score (nSPS) is 14.0. The van der Waals surface area contributed by atoms with Gasteiger partial charge in [-0.1, -0.05) is 22.6 Å². The smallest absolute Gasteiger partial charge is 0.253 e. The fourth-order valence-corrected chi connectivity index (χ4v) is 0.743. The second-order valence-corrected chi connectivity index (χ2v) is 3.12. The molecule has 0 aromatic heterocycles. The van der Waals surface area contributed by atoms with Crippen molar-refractivity contribution in [3.8, 4) is 0 Å². The van der Waals surface area contributed by atoms with Gasteiger partial charge >= 0.3 is 0 Å². The molecule has 0 aromatic carbocycles. The zero-order valence-corrected chi connectivity index (χ0v) is 9.85. The van der Waals surface area contributed by atoms with E-state index in [1.165, 1.54) is 17.1 Å². The Morgan fingerprint density at radius 1 is 1.43 bits per heavy atom. The van der Waals surface area contributed by atoms with Crippen molar-refractivity contribution >= 4 is 40.3 Å². The molecule has 0 aromatic rings. The number of nitrogens with two attached hydrogens (primary N) is 1. The Morgan fingerprint density at radius 2 is 1.79 bits per heavy atom. The minimum atomic E-state index is -0.259. The van der Waals surface area contributed by atoms with Crippen molar-refractivity contribution in [1.82, 2.24) is 4.90 Å². The van der Waals surface area contributed by atoms with Gasteiger partial charge in [0.05, 0.1) is 4.43 Å². The largest absolute Gasteiger partial charge is 0.369 e. The number of imide groups is 1. The van der Waals surface area contributed by atoms with Crippen LogP contribution in [-0.2, 0) is 14.4 Å². The van der Waals surface area contributed by atoms with Crippen LogP contribution in [0.4, 0.5) is 0 Å². The zero-order chi connectivity index (χ0) is 11.1. The first-order valence-corrected chi connectivity index (χ1v) is 5.43. The van der Waals surface area contributed by atoms with Gasteiger partial charge in [0.15, 0.2) is 0 Å². The number of carbonyl (C=O) groups is 3. The summed E-state index contributed by atoms with van der Waals surface area (Å²) in [5.74, 6) is -0.671. The molecule has 0 spiro atoms. The van der Waals surface area contributed by atoms with Gasteiger partial charge in [0, 0.05) is 18.7 Å². The van der Waals surface area contributed by atoms with Crippen molar-refractivity contribution in [2.45, 2.75) is 6.92 Å². The van der Waals surface area contributed by atoms with Crippen LogP contribution in [0.5, 0.6) is 0 Å². The molecule has 0 bridgehead atoms. The first-order valence-electron chi connectivity index (χ1n) is 3.90. The summed E-state index contributed by atoms with van der Waals surface area (Å²) in [6.45, 7) is 2.23. The van der Waals surface area contributed by atoms with Crippen LogP contribution in [-0.4, -0.2) is 33.6 Å². The number of carbonyl (C=O) groups excluding carboxylic acids is 3. The lowest BCUT2D eigenvalue weighted by atomic mass is 10.5. The average molecular weight is 310 g/mol. The topological polar surface area (TPSA) is 80.5 Å². The minimum absolute atomic E-state index is 0.206. The molecule has 3 amide bonds. The summed E-state index contributed by atoms with van der Waals surface area (Å²) >= 11 is 1.90. The lowest BCUT2D eigenvalue weighted by molar-refractivity contribution is -0.136. The summed E-state index contributed by atoms with van der Waals surface area (Å²) in [6, 6.07) is 0. The van der Waals surface area contributed by atoms with Gasteiger partial charge in [-0.3, -0.25) is 19.3 Å². The fourth-order valence-electron chi connectivity index (χ4n) is 0.743. The number of likely N-dealkylation sites (N-methyl/N-ethyl adjacent to an activating group) is 1. The Labute approximate surface area is 95.5 Å². The molecule has 0 radical (unpaired) electrons. The van der Waals surface area contributed by atoms with E-state index < -0.39 is 0 Å². The SMILES string of the molecule is CCN1C(=O)C=CC1=O.NC(=O)CI. The molecule has 0 unspecified atom stereocenters. The molecular weight excluding hydrogens is 299 g/mol. The molecule has 1 aliphatic heterocycles. The molecule has 1 aliphatic rings. The van der Waals surface area contributed by atoms with Gasteiger partial charge in [0.2, 0.25) is 5.91 Å². The van der Waals surface area contributed by atoms with E-state index in [4.69, 9.17) is 0 Å². The van der Waals surface area contributed by atoms with Crippen LogP contribution in [0.2, 0.25) is 0 Å². The van der Waals surface area contributed by atoms with E-state index >= 15 is 0 Å². The average Bonchev–Trinajstić information content (AvgIpc) is 2.47. The lowest BCUT2D eigenvalue weighted by Gasteiger charge is -2.08. The number of hydrogen-bond donors (Lipinski definition) is 1. The van der Waals surface area contributed by atoms with Gasteiger partial charge < -0.3 is 5.73 Å². The molecule has 0 saturated heterocycles. The van der Waals surface area contributed by atoms with Gasteiger partial charge in [0.1, 0.15) is 0 Å². The molecule has 0 aliphatic carbocycles. The molecule has 0 atom stereocenters. The molecule has 5 nitrogen and oxygen atoms in total. The number of nitrogens with zero attached hydrogens (tertiary/aromatic N) is 1. The molecule has 1 rings (SSSR count). The molecule has 6 heteroatoms. The van der Waals surface area contributed by atoms with Crippen LogP contribution in [0.25, 0.3) is 0 Å². The number of primary amides is 1. The summed E-state index contributed by atoms with van der Waals surface area (Å²) in [5, 5.41) is 0. The van der Waals surface area contributed by atoms with Gasteiger partial charge in [-0.05, 0) is 6.92 Å². The summed E-state index contributed by atoms with van der Waals surface area (Å²) in [7, 11) is 0. The minimum Gasteiger partial charge on any atom is -0.369 e. The van der Waals surface area contributed by atoms with Gasteiger partial charge in [-0.2, -0.15) is 0 Å². The van der Waals surface area contributed by atoms with Crippen LogP contribution >= 0.6 is 22.6 Å². The highest BCUT2D eigenvalue weighted by atomic mass is 127. The predicted molar refractivity (Wildman–Crippen MR) is 59.6 cm³/mol. The van der Waals surface area contributed by atoms with Crippen molar-refractivity contribution < 1.29 is 14.4 Å². The lowest BCUT2D eigenvalue weighted by Crippen LogP contribution is -2.29. The van der Waals surface area contributed by atoms with E-state index in [2.05, 4.69) is 5.73 Å². The molecule has 0 saturated carbocycles. The maximum Gasteiger partial charge on any atom is 0.253 e. The van der Waals surface area contributed by atoms with Crippen LogP contribution in [0.15, 0.2) is 12.2 Å². The van der Waals surface area contributed by atoms with Crippen molar-refractivity contribution in [2.75, 3.05) is 11.0 Å². The van der Waals surface area contributed by atoms with E-state index in [0.29, 0.717) is 11.0 Å². The van der Waals surface area contributed by atoms with Gasteiger partial charge in [-0.25, -0.2) is 0 Å². The number of amides is 3. The van der Waals surface area contributed by atoms with Crippen molar-refractivity contribution in [3.63, 3.8) is 0 Å². The number of halogens is 1. The third kappa shape index (κ3) is 4.35. The number of rotatable bonds is 2. The standard InChI is InChI=1S/C6H7NO2.C2H4INO/c1-2-7-5(8)3-4-6(7)9;3-1-2(4)5/h3-4H,2H2,1H3;1H2,(H2,4,5). The van der Waals surface area contributed by atoms with Crippen LogP contribution in [0.1, 0.15) is 6.92 Å². The van der Waals surface area contributed by atoms with Crippen molar-refractivity contribution in [3.05, 3.63) is 12.2 Å². The van der Waals surface area contributed by atoms with E-state index in [-0.39, 0.29) is 17.7 Å². The third-order valence-corrected chi connectivity index (χ3v) is 2.10. The number of hydrogen-bond acceptors (Lipinski definition) is 3. The maximum atomic E-state index is 10.6. The van der Waals surface area contributed by atoms with Crippen LogP contribution in [0.3, 0.4) is 0 Å². The summed E-state index contributed by atoms with van der Waals surface area (Å²) in [5.41, 5.74) is 4.65. The Balaban J connectivity index is 0.000000292. The Morgan fingerprint density at radius 3 is 1.93 bits per heavy atom. The van der Waals surface area contributed by atoms with E-state index in [9.17, 15) is 14.4 Å². The first-order chi connectivity index (χ1) is 6.52. The fraction of sp³-hybridized carbons (Fsp3) is 0.375. The van der Waals surface area contributed by atoms with E-state index in [0.717, 1.165) is 0 Å². The maximum absolute atomic E-state index is 10.6. The molecule has 78 valence electrons. The van der Waals surface area contributed by atoms with Crippen LogP contribution < -0.4 is 5.73 Å². The highest BCUT2D eigenvalue weighted by Gasteiger charge is 2.20. The monoisotopic (exact) mass is 310 g/mol. The third-order valence-electron chi connectivity index (χ3n) is 1.35. The summed E-state index contributed by atoms with van der Waals surface area (Å²) in [4.78, 5) is 32.0. The molecule has 1 heterocycles. The highest BCUT2D eigenvalue weighted by molar-refractivity contribution is 14.1. The van der Waals surface area contributed by atoms with E-state index in [1.54, 1.807) is 6.92 Å². The first kappa shape index (κ1) is 13.1. The Hall–Kier alpha value is -0.920. The summed E-state index contributed by atoms with van der Waals surface area (Å²) < 4.78 is 0.414. The second kappa shape index (κ2) is 6.52. The molecule has 0 fully saturated rings. The summed E-state index contributed by atoms with van der Waals surface area (Å²) in [6.07, 6.45) is 2.57. The quantitative estimate of drug-likeness (QED) is 0.437. The van der Waals surface area contributed by atoms with Crippen molar-refractivity contribution in [2.24, 2.45) is 5.73 Å². The number of alkyl halides is 1. The highest BCUT2D eigenvalue weighted by Crippen LogP contribution is 2.00. The molecule has 2 N–H and O–H groups in total. The van der Waals surface area contributed by atoms with E-state index in [1.807, 2.05) is 22.6 Å². The van der Waals surface area contributed by atoms with Gasteiger partial charge in [-0.15, -0.1) is 0 Å². The van der Waals surface area contributed by atoms with Crippen molar-refractivity contribution in [1.29, 1.82) is 0 Å². The van der Waals surface area contributed by atoms with Crippen LogP contribution in [0, 0.1) is 0 Å². The van der Waals surface area contributed by atoms with Gasteiger partial charge in [0.25, 0.3) is 11.8 Å². The Kier molecular flexibility index (Phi) is 6.09. The Bertz CT molecular complexity index is 258. The molecular formula is C8H11IN2O3. The zero-order valence-electron chi connectivity index (χ0n) is 7.70.